The van der Waals surface area contributed by atoms with Gasteiger partial charge in [-0.15, -0.1) is 11.3 Å². The molecule has 0 radical (unpaired) electrons. The molecule has 1 aliphatic rings. The van der Waals surface area contributed by atoms with Gasteiger partial charge in [-0.05, 0) is 56.7 Å². The predicted octanol–water partition coefficient (Wildman–Crippen LogP) is 4.79. The zero-order chi connectivity index (χ0) is 20.4. The summed E-state index contributed by atoms with van der Waals surface area (Å²) in [6.45, 7) is 7.87. The van der Waals surface area contributed by atoms with Crippen molar-refractivity contribution in [3.8, 4) is 0 Å². The number of aromatic nitrogens is 2. The van der Waals surface area contributed by atoms with Gasteiger partial charge in [0.2, 0.25) is 11.9 Å². The number of benzene rings is 1. The van der Waals surface area contributed by atoms with E-state index in [-0.39, 0.29) is 17.9 Å². The van der Waals surface area contributed by atoms with Crippen LogP contribution < -0.4 is 10.2 Å². The summed E-state index contributed by atoms with van der Waals surface area (Å²) in [6, 6.07) is 10.6. The van der Waals surface area contributed by atoms with Crippen LogP contribution in [0, 0.1) is 19.8 Å². The molecule has 0 spiro atoms. The van der Waals surface area contributed by atoms with Crippen LogP contribution in [-0.4, -0.2) is 29.0 Å². The Morgan fingerprint density at radius 1 is 1.24 bits per heavy atom. The molecule has 0 bridgehead atoms. The Bertz CT molecular complexity index is 994. The third-order valence-corrected chi connectivity index (χ3v) is 6.78. The van der Waals surface area contributed by atoms with Crippen molar-refractivity contribution in [2.24, 2.45) is 5.92 Å². The lowest BCUT2D eigenvalue weighted by Crippen LogP contribution is -2.42. The zero-order valence-corrected chi connectivity index (χ0v) is 18.1. The number of carbonyl (C=O) groups is 1. The van der Waals surface area contributed by atoms with Crippen LogP contribution in [0.3, 0.4) is 0 Å². The molecular formula is C23H28N4OS. The normalized spacial score (nSPS) is 16.2. The number of nitrogens with zero attached hydrogens (tertiary/aromatic N) is 3. The van der Waals surface area contributed by atoms with E-state index in [2.05, 4.69) is 53.7 Å². The monoisotopic (exact) mass is 408 g/mol. The highest BCUT2D eigenvalue weighted by Crippen LogP contribution is 2.26. The largest absolute Gasteiger partial charge is 0.348 e. The van der Waals surface area contributed by atoms with Crippen LogP contribution in [0.15, 0.2) is 35.7 Å². The van der Waals surface area contributed by atoms with Crippen molar-refractivity contribution in [3.05, 3.63) is 51.8 Å². The highest BCUT2D eigenvalue weighted by molar-refractivity contribution is 7.10. The average Bonchev–Trinajstić information content (AvgIpc) is 3.27. The van der Waals surface area contributed by atoms with Gasteiger partial charge < -0.3 is 10.2 Å². The zero-order valence-electron chi connectivity index (χ0n) is 17.3. The molecule has 6 heteroatoms. The first kappa shape index (κ1) is 19.8. The predicted molar refractivity (Wildman–Crippen MR) is 119 cm³/mol. The van der Waals surface area contributed by atoms with Crippen LogP contribution in [-0.2, 0) is 4.79 Å². The lowest BCUT2D eigenvalue weighted by Gasteiger charge is -2.32. The molecule has 1 amide bonds. The maximum atomic E-state index is 12.8. The molecule has 1 fully saturated rings. The van der Waals surface area contributed by atoms with Gasteiger partial charge in [0.05, 0.1) is 17.3 Å². The van der Waals surface area contributed by atoms with Crippen molar-refractivity contribution in [3.63, 3.8) is 0 Å². The molecule has 1 aliphatic heterocycles. The minimum Gasteiger partial charge on any atom is -0.348 e. The van der Waals surface area contributed by atoms with E-state index in [9.17, 15) is 4.79 Å². The topological polar surface area (TPSA) is 58.1 Å². The van der Waals surface area contributed by atoms with Crippen molar-refractivity contribution in [1.82, 2.24) is 15.3 Å². The van der Waals surface area contributed by atoms with Gasteiger partial charge in [0.25, 0.3) is 0 Å². The second-order valence-electron chi connectivity index (χ2n) is 7.88. The standard InChI is InChI=1S/C23H28N4OS/c1-4-19(21-6-5-13-29-21)25-22(28)17-9-11-27(12-10-17)23-24-16(3)18-14-15(2)7-8-20(18)26-23/h5-8,13-14,17,19H,4,9-12H2,1-3H3,(H,25,28)/t19-/m1/s1. The van der Waals surface area contributed by atoms with E-state index in [0.717, 1.165) is 54.9 Å². The molecule has 1 N–H and O–H groups in total. The van der Waals surface area contributed by atoms with Gasteiger partial charge in [0, 0.05) is 29.3 Å². The fourth-order valence-corrected chi connectivity index (χ4v) is 4.88. The third kappa shape index (κ3) is 4.27. The molecule has 2 aromatic heterocycles. The molecule has 3 aromatic rings. The summed E-state index contributed by atoms with van der Waals surface area (Å²) in [4.78, 5) is 25.8. The summed E-state index contributed by atoms with van der Waals surface area (Å²) in [6.07, 6.45) is 2.58. The van der Waals surface area contributed by atoms with E-state index in [4.69, 9.17) is 9.97 Å². The number of fused-ring (bicyclic) bond motifs is 1. The number of aryl methyl sites for hydroxylation is 2. The molecule has 5 nitrogen and oxygen atoms in total. The van der Waals surface area contributed by atoms with Crippen LogP contribution in [0.5, 0.6) is 0 Å². The number of amides is 1. The number of rotatable bonds is 5. The van der Waals surface area contributed by atoms with E-state index >= 15 is 0 Å². The first-order valence-corrected chi connectivity index (χ1v) is 11.3. The molecule has 4 rings (SSSR count). The van der Waals surface area contributed by atoms with Crippen molar-refractivity contribution in [2.75, 3.05) is 18.0 Å². The summed E-state index contributed by atoms with van der Waals surface area (Å²) < 4.78 is 0. The molecule has 29 heavy (non-hydrogen) atoms. The van der Waals surface area contributed by atoms with Gasteiger partial charge in [-0.2, -0.15) is 0 Å². The number of carbonyl (C=O) groups excluding carboxylic acids is 1. The third-order valence-electron chi connectivity index (χ3n) is 5.79. The lowest BCUT2D eigenvalue weighted by molar-refractivity contribution is -0.126. The van der Waals surface area contributed by atoms with Crippen molar-refractivity contribution in [1.29, 1.82) is 0 Å². The van der Waals surface area contributed by atoms with Crippen LogP contribution in [0.1, 0.15) is 48.4 Å². The maximum Gasteiger partial charge on any atom is 0.226 e. The highest BCUT2D eigenvalue weighted by Gasteiger charge is 2.28. The maximum absolute atomic E-state index is 12.8. The average molecular weight is 409 g/mol. The Morgan fingerprint density at radius 2 is 2.03 bits per heavy atom. The molecule has 1 aromatic carbocycles. The van der Waals surface area contributed by atoms with Gasteiger partial charge in [0.1, 0.15) is 0 Å². The Hall–Kier alpha value is -2.47. The molecule has 3 heterocycles. The molecule has 1 saturated heterocycles. The number of nitrogens with one attached hydrogen (secondary N) is 1. The molecule has 152 valence electrons. The van der Waals surface area contributed by atoms with Crippen molar-refractivity contribution < 1.29 is 4.79 Å². The number of anilines is 1. The SMILES string of the molecule is CC[C@@H](NC(=O)C1CCN(c2nc(C)c3cc(C)ccc3n2)CC1)c1cccs1. The molecule has 0 unspecified atom stereocenters. The van der Waals surface area contributed by atoms with Crippen LogP contribution in [0.4, 0.5) is 5.95 Å². The summed E-state index contributed by atoms with van der Waals surface area (Å²) in [5, 5.41) is 6.43. The fourth-order valence-electron chi connectivity index (χ4n) is 4.02. The molecule has 0 saturated carbocycles. The van der Waals surface area contributed by atoms with E-state index in [1.54, 1.807) is 11.3 Å². The number of hydrogen-bond donors (Lipinski definition) is 1. The van der Waals surface area contributed by atoms with Gasteiger partial charge in [-0.3, -0.25) is 4.79 Å². The minimum absolute atomic E-state index is 0.0597. The second-order valence-corrected chi connectivity index (χ2v) is 8.86. The quantitative estimate of drug-likeness (QED) is 0.659. The summed E-state index contributed by atoms with van der Waals surface area (Å²) in [7, 11) is 0. The van der Waals surface area contributed by atoms with Crippen LogP contribution in [0.2, 0.25) is 0 Å². The first-order chi connectivity index (χ1) is 14.0. The van der Waals surface area contributed by atoms with Crippen molar-refractivity contribution >= 4 is 34.1 Å². The minimum atomic E-state index is 0.0597. The Kier molecular flexibility index (Phi) is 5.81. The number of thiophene rings is 1. The lowest BCUT2D eigenvalue weighted by atomic mass is 9.95. The summed E-state index contributed by atoms with van der Waals surface area (Å²) in [5.41, 5.74) is 3.21. The molecule has 0 aliphatic carbocycles. The summed E-state index contributed by atoms with van der Waals surface area (Å²) >= 11 is 1.71. The molecular weight excluding hydrogens is 380 g/mol. The Balaban J connectivity index is 1.41. The fraction of sp³-hybridized carbons (Fsp3) is 0.435. The Labute approximate surface area is 176 Å². The van der Waals surface area contributed by atoms with E-state index in [0.29, 0.717) is 0 Å². The second kappa shape index (κ2) is 8.49. The van der Waals surface area contributed by atoms with Crippen molar-refractivity contribution in [2.45, 2.75) is 46.1 Å². The van der Waals surface area contributed by atoms with E-state index in [1.165, 1.54) is 10.4 Å². The highest BCUT2D eigenvalue weighted by atomic mass is 32.1. The number of hydrogen-bond acceptors (Lipinski definition) is 5. The van der Waals surface area contributed by atoms with Gasteiger partial charge >= 0.3 is 0 Å². The van der Waals surface area contributed by atoms with Crippen LogP contribution in [0.25, 0.3) is 10.9 Å². The summed E-state index contributed by atoms with van der Waals surface area (Å²) in [5.74, 6) is 1.02. The Morgan fingerprint density at radius 3 is 2.72 bits per heavy atom. The first-order valence-electron chi connectivity index (χ1n) is 10.4. The van der Waals surface area contributed by atoms with E-state index < -0.39 is 0 Å². The van der Waals surface area contributed by atoms with Crippen LogP contribution >= 0.6 is 11.3 Å². The number of piperidine rings is 1. The smallest absolute Gasteiger partial charge is 0.226 e. The molecule has 1 atom stereocenters. The van der Waals surface area contributed by atoms with Gasteiger partial charge in [-0.25, -0.2) is 9.97 Å². The van der Waals surface area contributed by atoms with E-state index in [1.807, 2.05) is 13.0 Å². The van der Waals surface area contributed by atoms with Gasteiger partial charge in [0.15, 0.2) is 0 Å². The van der Waals surface area contributed by atoms with Gasteiger partial charge in [-0.1, -0.05) is 24.6 Å².